The number of rotatable bonds is 5. The van der Waals surface area contributed by atoms with Gasteiger partial charge in [0.2, 0.25) is 0 Å². The smallest absolute Gasteiger partial charge is 0.132 e. The Morgan fingerprint density at radius 1 is 1.32 bits per heavy atom. The van der Waals surface area contributed by atoms with Crippen LogP contribution in [0.4, 0.5) is 0 Å². The maximum atomic E-state index is 5.93. The van der Waals surface area contributed by atoms with Gasteiger partial charge in [0.15, 0.2) is 0 Å². The van der Waals surface area contributed by atoms with Gasteiger partial charge in [0.05, 0.1) is 18.6 Å². The summed E-state index contributed by atoms with van der Waals surface area (Å²) in [5.74, 6) is 3.07. The number of nitrogens with one attached hydrogen (secondary N) is 1. The topological polar surface area (TPSA) is 62.9 Å². The standard InChI is InChI=1S/C19H25N5O/c1-4-7-23-9-6-20-19(23)18-17-16(21-12-22-17)5-8-24(18)11-15-10-13(2)14(3)25-15/h6,9-10,12,18H,4-5,7-8,11H2,1-3H3,(H,21,22)/t18-/m0/s1. The Labute approximate surface area is 147 Å². The van der Waals surface area contributed by atoms with Crippen LogP contribution in [0.25, 0.3) is 0 Å². The first-order valence-electron chi connectivity index (χ1n) is 9.00. The molecule has 1 atom stereocenters. The van der Waals surface area contributed by atoms with E-state index in [1.165, 1.54) is 11.3 Å². The number of aromatic nitrogens is 4. The van der Waals surface area contributed by atoms with E-state index in [2.05, 4.69) is 50.5 Å². The monoisotopic (exact) mass is 339 g/mol. The number of furan rings is 1. The summed E-state index contributed by atoms with van der Waals surface area (Å²) in [6, 6.07) is 2.20. The number of hydrogen-bond acceptors (Lipinski definition) is 4. The molecule has 3 aromatic heterocycles. The maximum absolute atomic E-state index is 5.93. The molecule has 6 nitrogen and oxygen atoms in total. The van der Waals surface area contributed by atoms with E-state index in [-0.39, 0.29) is 6.04 Å². The molecule has 0 fully saturated rings. The third-order valence-electron chi connectivity index (χ3n) is 5.06. The molecule has 1 aliphatic heterocycles. The van der Waals surface area contributed by atoms with Gasteiger partial charge >= 0.3 is 0 Å². The second-order valence-electron chi connectivity index (χ2n) is 6.82. The molecule has 0 aliphatic carbocycles. The summed E-state index contributed by atoms with van der Waals surface area (Å²) in [5.41, 5.74) is 3.52. The second kappa shape index (κ2) is 6.52. The zero-order valence-corrected chi connectivity index (χ0v) is 15.1. The van der Waals surface area contributed by atoms with E-state index in [0.29, 0.717) is 0 Å². The number of imidazole rings is 2. The van der Waals surface area contributed by atoms with Crippen LogP contribution in [-0.2, 0) is 19.5 Å². The number of H-pyrrole nitrogens is 1. The van der Waals surface area contributed by atoms with Crippen molar-refractivity contribution in [3.05, 3.63) is 59.1 Å². The SMILES string of the molecule is CCCn1ccnc1[C@@H]1c2nc[nH]c2CCN1Cc1cc(C)c(C)o1. The number of hydrogen-bond donors (Lipinski definition) is 1. The lowest BCUT2D eigenvalue weighted by atomic mass is 10.0. The average molecular weight is 339 g/mol. The van der Waals surface area contributed by atoms with Crippen LogP contribution < -0.4 is 0 Å². The molecule has 0 spiro atoms. The van der Waals surface area contributed by atoms with E-state index in [0.717, 1.165) is 55.5 Å². The van der Waals surface area contributed by atoms with Crippen molar-refractivity contribution in [2.24, 2.45) is 0 Å². The van der Waals surface area contributed by atoms with Crippen LogP contribution in [0.5, 0.6) is 0 Å². The van der Waals surface area contributed by atoms with Crippen molar-refractivity contribution >= 4 is 0 Å². The van der Waals surface area contributed by atoms with Gasteiger partial charge in [-0.1, -0.05) is 6.92 Å². The predicted octanol–water partition coefficient (Wildman–Crippen LogP) is 3.37. The predicted molar refractivity (Wildman–Crippen MR) is 95.2 cm³/mol. The molecule has 4 rings (SSSR count). The minimum absolute atomic E-state index is 0.0577. The van der Waals surface area contributed by atoms with Gasteiger partial charge in [-0.25, -0.2) is 9.97 Å². The Hall–Kier alpha value is -2.34. The maximum Gasteiger partial charge on any atom is 0.132 e. The van der Waals surface area contributed by atoms with Gasteiger partial charge in [-0.15, -0.1) is 0 Å². The molecular formula is C19H25N5O. The fourth-order valence-electron chi connectivity index (χ4n) is 3.71. The Bertz CT molecular complexity index is 839. The summed E-state index contributed by atoms with van der Waals surface area (Å²) in [4.78, 5) is 15.0. The van der Waals surface area contributed by atoms with E-state index < -0.39 is 0 Å². The van der Waals surface area contributed by atoms with Crippen LogP contribution in [0.2, 0.25) is 0 Å². The van der Waals surface area contributed by atoms with E-state index in [1.54, 1.807) is 6.33 Å². The highest BCUT2D eigenvalue weighted by molar-refractivity contribution is 5.27. The van der Waals surface area contributed by atoms with Gasteiger partial charge in [0, 0.05) is 37.6 Å². The quantitative estimate of drug-likeness (QED) is 0.774. The molecule has 1 aliphatic rings. The van der Waals surface area contributed by atoms with Crippen LogP contribution >= 0.6 is 0 Å². The average Bonchev–Trinajstić information content (AvgIpc) is 3.29. The molecule has 1 N–H and O–H groups in total. The molecule has 0 radical (unpaired) electrons. The van der Waals surface area contributed by atoms with Crippen LogP contribution in [-0.4, -0.2) is 31.0 Å². The summed E-state index contributed by atoms with van der Waals surface area (Å²) in [5, 5.41) is 0. The molecule has 132 valence electrons. The molecule has 0 unspecified atom stereocenters. The first kappa shape index (κ1) is 16.1. The highest BCUT2D eigenvalue weighted by atomic mass is 16.3. The third-order valence-corrected chi connectivity index (χ3v) is 5.06. The van der Waals surface area contributed by atoms with Crippen molar-refractivity contribution in [1.29, 1.82) is 0 Å². The summed E-state index contributed by atoms with van der Waals surface area (Å²) in [7, 11) is 0. The Balaban J connectivity index is 1.71. The minimum Gasteiger partial charge on any atom is -0.465 e. The molecule has 0 saturated heterocycles. The molecule has 3 aromatic rings. The number of fused-ring (bicyclic) bond motifs is 1. The van der Waals surface area contributed by atoms with Gasteiger partial charge in [-0.05, 0) is 31.9 Å². The van der Waals surface area contributed by atoms with Crippen molar-refractivity contribution in [3.63, 3.8) is 0 Å². The Kier molecular flexibility index (Phi) is 4.21. The van der Waals surface area contributed by atoms with Gasteiger partial charge in [-0.3, -0.25) is 4.90 Å². The molecule has 0 bridgehead atoms. The molecule has 0 saturated carbocycles. The Morgan fingerprint density at radius 2 is 2.20 bits per heavy atom. The fourth-order valence-corrected chi connectivity index (χ4v) is 3.71. The van der Waals surface area contributed by atoms with E-state index in [9.17, 15) is 0 Å². The van der Waals surface area contributed by atoms with Crippen LogP contribution in [0.3, 0.4) is 0 Å². The zero-order valence-electron chi connectivity index (χ0n) is 15.1. The first-order valence-corrected chi connectivity index (χ1v) is 9.00. The summed E-state index contributed by atoms with van der Waals surface area (Å²) in [6.07, 6.45) is 7.82. The zero-order chi connectivity index (χ0) is 17.4. The van der Waals surface area contributed by atoms with E-state index >= 15 is 0 Å². The van der Waals surface area contributed by atoms with E-state index in [1.807, 2.05) is 13.1 Å². The summed E-state index contributed by atoms with van der Waals surface area (Å²) >= 11 is 0. The van der Waals surface area contributed by atoms with Crippen molar-refractivity contribution in [1.82, 2.24) is 24.4 Å². The summed E-state index contributed by atoms with van der Waals surface area (Å²) < 4.78 is 8.18. The summed E-state index contributed by atoms with van der Waals surface area (Å²) in [6.45, 7) is 9.00. The number of nitrogens with zero attached hydrogens (tertiary/aromatic N) is 4. The number of aryl methyl sites for hydroxylation is 3. The van der Waals surface area contributed by atoms with Gasteiger partial charge in [-0.2, -0.15) is 0 Å². The largest absolute Gasteiger partial charge is 0.465 e. The molecule has 25 heavy (non-hydrogen) atoms. The normalized spacial score (nSPS) is 17.8. The lowest BCUT2D eigenvalue weighted by molar-refractivity contribution is 0.175. The van der Waals surface area contributed by atoms with E-state index in [4.69, 9.17) is 4.42 Å². The van der Waals surface area contributed by atoms with Crippen molar-refractivity contribution in [2.45, 2.75) is 52.7 Å². The van der Waals surface area contributed by atoms with Gasteiger partial charge in [0.25, 0.3) is 0 Å². The second-order valence-corrected chi connectivity index (χ2v) is 6.82. The highest BCUT2D eigenvalue weighted by Gasteiger charge is 2.34. The molecule has 0 aromatic carbocycles. The number of aromatic amines is 1. The van der Waals surface area contributed by atoms with Crippen LogP contribution in [0.15, 0.2) is 29.2 Å². The van der Waals surface area contributed by atoms with Crippen molar-refractivity contribution in [2.75, 3.05) is 6.54 Å². The van der Waals surface area contributed by atoms with Gasteiger partial charge in [0.1, 0.15) is 23.4 Å². The molecular weight excluding hydrogens is 314 g/mol. The highest BCUT2D eigenvalue weighted by Crippen LogP contribution is 2.34. The first-order chi connectivity index (χ1) is 12.2. The van der Waals surface area contributed by atoms with Crippen LogP contribution in [0, 0.1) is 13.8 Å². The molecule has 6 heteroatoms. The lowest BCUT2D eigenvalue weighted by Gasteiger charge is -2.34. The Morgan fingerprint density at radius 3 is 2.96 bits per heavy atom. The fraction of sp³-hybridized carbons (Fsp3) is 0.474. The molecule has 0 amide bonds. The lowest BCUT2D eigenvalue weighted by Crippen LogP contribution is -2.37. The van der Waals surface area contributed by atoms with Crippen LogP contribution in [0.1, 0.15) is 53.7 Å². The van der Waals surface area contributed by atoms with Crippen molar-refractivity contribution < 1.29 is 4.42 Å². The molecule has 4 heterocycles. The third kappa shape index (κ3) is 2.91. The van der Waals surface area contributed by atoms with Gasteiger partial charge < -0.3 is 14.0 Å². The minimum atomic E-state index is 0.0577. The van der Waals surface area contributed by atoms with Crippen molar-refractivity contribution in [3.8, 4) is 0 Å².